The third kappa shape index (κ3) is 3.23. The van der Waals surface area contributed by atoms with Crippen LogP contribution >= 0.6 is 11.3 Å². The van der Waals surface area contributed by atoms with Gasteiger partial charge in [0.2, 0.25) is 10.0 Å². The monoisotopic (exact) mass is 434 g/mol. The number of methoxy groups -OCH3 is 2. The van der Waals surface area contributed by atoms with Gasteiger partial charge in [-0.15, -0.1) is 11.3 Å². The lowest BCUT2D eigenvalue weighted by atomic mass is 9.92. The zero-order valence-corrected chi connectivity index (χ0v) is 18.3. The molecule has 0 saturated carbocycles. The van der Waals surface area contributed by atoms with Crippen molar-refractivity contribution in [2.45, 2.75) is 31.2 Å². The van der Waals surface area contributed by atoms with Crippen molar-refractivity contribution in [2.24, 2.45) is 0 Å². The van der Waals surface area contributed by atoms with E-state index in [2.05, 4.69) is 5.16 Å². The van der Waals surface area contributed by atoms with Gasteiger partial charge in [0, 0.05) is 11.4 Å². The molecule has 0 unspecified atom stereocenters. The van der Waals surface area contributed by atoms with Crippen LogP contribution in [0.2, 0.25) is 0 Å². The van der Waals surface area contributed by atoms with Gasteiger partial charge in [-0.3, -0.25) is 0 Å². The molecule has 1 aliphatic rings. The smallest absolute Gasteiger partial charge is 0.249 e. The fourth-order valence-electron chi connectivity index (χ4n) is 3.88. The first-order valence-electron chi connectivity index (χ1n) is 9.11. The van der Waals surface area contributed by atoms with E-state index in [9.17, 15) is 8.42 Å². The summed E-state index contributed by atoms with van der Waals surface area (Å²) in [7, 11) is -0.651. The number of benzene rings is 1. The van der Waals surface area contributed by atoms with Crippen LogP contribution in [0.5, 0.6) is 11.5 Å². The van der Waals surface area contributed by atoms with Crippen molar-refractivity contribution < 1.29 is 22.4 Å². The molecule has 3 aromatic rings. The van der Waals surface area contributed by atoms with E-state index in [-0.39, 0.29) is 4.90 Å². The second-order valence-electron chi connectivity index (χ2n) is 6.84. The Balaban J connectivity index is 1.91. The van der Waals surface area contributed by atoms with Crippen LogP contribution in [0.3, 0.4) is 0 Å². The molecule has 1 aliphatic heterocycles. The molecule has 2 aromatic heterocycles. The predicted molar refractivity (Wildman–Crippen MR) is 109 cm³/mol. The summed E-state index contributed by atoms with van der Waals surface area (Å²) in [6.07, 6.45) is 0.570. The summed E-state index contributed by atoms with van der Waals surface area (Å²) in [5.41, 5.74) is 2.31. The molecule has 0 bridgehead atoms. The quantitative estimate of drug-likeness (QED) is 0.609. The molecule has 4 rings (SSSR count). The van der Waals surface area contributed by atoms with E-state index in [1.165, 1.54) is 11.3 Å². The van der Waals surface area contributed by atoms with Crippen molar-refractivity contribution in [1.82, 2.24) is 9.46 Å². The van der Waals surface area contributed by atoms with Gasteiger partial charge in [0.05, 0.1) is 20.3 Å². The number of fused-ring (bicyclic) bond motifs is 1. The maximum Gasteiger partial charge on any atom is 0.249 e. The summed E-state index contributed by atoms with van der Waals surface area (Å²) in [5, 5.41) is 5.79. The maximum atomic E-state index is 13.7. The third-order valence-corrected chi connectivity index (χ3v) is 8.21. The first-order chi connectivity index (χ1) is 13.9. The minimum atomic E-state index is -3.82. The van der Waals surface area contributed by atoms with Gasteiger partial charge in [-0.1, -0.05) is 11.2 Å². The Kier molecular flexibility index (Phi) is 5.14. The highest BCUT2D eigenvalue weighted by atomic mass is 32.2. The minimum Gasteiger partial charge on any atom is -0.493 e. The molecule has 0 N–H and O–H groups in total. The van der Waals surface area contributed by atoms with Crippen LogP contribution in [0.25, 0.3) is 0 Å². The van der Waals surface area contributed by atoms with Crippen LogP contribution < -0.4 is 9.47 Å². The standard InChI is InChI=1S/C20H22N2O5S2/c1-12-20(13(2)27-21-12)29(23,24)22-8-7-14-10-16(25-3)17(26-4)11-15(14)19(22)18-6-5-9-28-18/h5-6,9-11,19H,7-8H2,1-4H3/t19-/m1/s1. The lowest BCUT2D eigenvalue weighted by Gasteiger charge is -2.36. The highest BCUT2D eigenvalue weighted by Crippen LogP contribution is 2.44. The minimum absolute atomic E-state index is 0.142. The molecule has 9 heteroatoms. The van der Waals surface area contributed by atoms with Crippen LogP contribution in [0, 0.1) is 13.8 Å². The third-order valence-electron chi connectivity index (χ3n) is 5.18. The van der Waals surface area contributed by atoms with Gasteiger partial charge in [0.25, 0.3) is 0 Å². The fraction of sp³-hybridized carbons (Fsp3) is 0.350. The topological polar surface area (TPSA) is 81.9 Å². The second-order valence-corrected chi connectivity index (χ2v) is 9.65. The molecule has 0 amide bonds. The first-order valence-corrected chi connectivity index (χ1v) is 11.4. The Morgan fingerprint density at radius 1 is 1.21 bits per heavy atom. The molecule has 7 nitrogen and oxygen atoms in total. The van der Waals surface area contributed by atoms with Crippen LogP contribution in [0.15, 0.2) is 39.1 Å². The van der Waals surface area contributed by atoms with Crippen molar-refractivity contribution >= 4 is 21.4 Å². The van der Waals surface area contributed by atoms with E-state index in [1.807, 2.05) is 29.6 Å². The van der Waals surface area contributed by atoms with E-state index >= 15 is 0 Å². The molecule has 0 fully saturated rings. The summed E-state index contributed by atoms with van der Waals surface area (Å²) in [6, 6.07) is 7.24. The largest absolute Gasteiger partial charge is 0.493 e. The first kappa shape index (κ1) is 19.9. The van der Waals surface area contributed by atoms with Crippen molar-refractivity contribution in [1.29, 1.82) is 0 Å². The Labute approximate surface area is 173 Å². The second kappa shape index (κ2) is 7.47. The number of hydrogen-bond acceptors (Lipinski definition) is 7. The molecular weight excluding hydrogens is 412 g/mol. The van der Waals surface area contributed by atoms with Gasteiger partial charge in [0.1, 0.15) is 10.6 Å². The Morgan fingerprint density at radius 2 is 1.93 bits per heavy atom. The number of ether oxygens (including phenoxy) is 2. The molecule has 1 aromatic carbocycles. The van der Waals surface area contributed by atoms with E-state index in [4.69, 9.17) is 14.0 Å². The van der Waals surface area contributed by atoms with E-state index in [0.717, 1.165) is 16.0 Å². The van der Waals surface area contributed by atoms with Crippen LogP contribution in [-0.4, -0.2) is 38.6 Å². The molecular formula is C20H22N2O5S2. The summed E-state index contributed by atoms with van der Waals surface area (Å²) in [5.74, 6) is 1.51. The average molecular weight is 435 g/mol. The number of thiophene rings is 1. The fourth-order valence-corrected chi connectivity index (χ4v) is 6.69. The van der Waals surface area contributed by atoms with Crippen LogP contribution in [0.4, 0.5) is 0 Å². The molecule has 29 heavy (non-hydrogen) atoms. The van der Waals surface area contributed by atoms with Gasteiger partial charge >= 0.3 is 0 Å². The lowest BCUT2D eigenvalue weighted by molar-refractivity contribution is 0.333. The summed E-state index contributed by atoms with van der Waals surface area (Å²) >= 11 is 1.52. The number of nitrogens with zero attached hydrogens (tertiary/aromatic N) is 2. The highest BCUT2D eigenvalue weighted by molar-refractivity contribution is 7.89. The number of sulfonamides is 1. The number of hydrogen-bond donors (Lipinski definition) is 0. The number of aromatic nitrogens is 1. The zero-order valence-electron chi connectivity index (χ0n) is 16.6. The summed E-state index contributed by atoms with van der Waals surface area (Å²) in [6.45, 7) is 3.62. The van der Waals surface area contributed by atoms with E-state index < -0.39 is 16.1 Å². The maximum absolute atomic E-state index is 13.7. The lowest BCUT2D eigenvalue weighted by Crippen LogP contribution is -2.40. The molecule has 154 valence electrons. The molecule has 0 aliphatic carbocycles. The molecule has 0 saturated heterocycles. The Morgan fingerprint density at radius 3 is 2.52 bits per heavy atom. The Bertz CT molecular complexity index is 1120. The number of aryl methyl sites for hydroxylation is 2. The van der Waals surface area contributed by atoms with Crippen molar-refractivity contribution in [2.75, 3.05) is 20.8 Å². The van der Waals surface area contributed by atoms with E-state index in [0.29, 0.717) is 35.9 Å². The van der Waals surface area contributed by atoms with Crippen molar-refractivity contribution in [3.8, 4) is 11.5 Å². The molecule has 0 spiro atoms. The van der Waals surface area contributed by atoms with Crippen molar-refractivity contribution in [3.63, 3.8) is 0 Å². The average Bonchev–Trinajstić information content (AvgIpc) is 3.35. The number of rotatable bonds is 5. The summed E-state index contributed by atoms with van der Waals surface area (Å²) in [4.78, 5) is 1.08. The van der Waals surface area contributed by atoms with Gasteiger partial charge in [0.15, 0.2) is 17.3 Å². The van der Waals surface area contributed by atoms with Gasteiger partial charge < -0.3 is 14.0 Å². The molecule has 0 radical (unpaired) electrons. The zero-order chi connectivity index (χ0) is 20.8. The normalized spacial score (nSPS) is 17.2. The van der Waals surface area contributed by atoms with Crippen LogP contribution in [0.1, 0.15) is 33.5 Å². The molecule has 1 atom stereocenters. The van der Waals surface area contributed by atoms with Crippen molar-refractivity contribution in [3.05, 3.63) is 57.1 Å². The SMILES string of the molecule is COc1cc2c(cc1OC)[C@H](c1cccs1)N(S(=O)(=O)c1c(C)noc1C)CC2. The Hall–Kier alpha value is -2.36. The van der Waals surface area contributed by atoms with Gasteiger partial charge in [-0.25, -0.2) is 8.42 Å². The van der Waals surface area contributed by atoms with Crippen LogP contribution in [-0.2, 0) is 16.4 Å². The molecule has 3 heterocycles. The van der Waals surface area contributed by atoms with Gasteiger partial charge in [-0.05, 0) is 55.0 Å². The van der Waals surface area contributed by atoms with E-state index in [1.54, 1.807) is 32.4 Å². The summed E-state index contributed by atoms with van der Waals surface area (Å²) < 4.78 is 44.9. The predicted octanol–water partition coefficient (Wildman–Crippen LogP) is 3.71. The van der Waals surface area contributed by atoms with Gasteiger partial charge in [-0.2, -0.15) is 4.31 Å². The highest BCUT2D eigenvalue weighted by Gasteiger charge is 2.41.